The second kappa shape index (κ2) is 7.83. The van der Waals surface area contributed by atoms with E-state index in [1.54, 1.807) is 0 Å². The molecule has 0 aliphatic heterocycles. The maximum Gasteiger partial charge on any atom is 0.341 e. The summed E-state index contributed by atoms with van der Waals surface area (Å²) in [7, 11) is -3.41. The molecule has 0 atom stereocenters. The molecule has 0 saturated carbocycles. The van der Waals surface area contributed by atoms with E-state index in [9.17, 15) is 26.8 Å². The average molecular weight is 335 g/mol. The first-order chi connectivity index (χ1) is 10.3. The second-order valence-corrected chi connectivity index (χ2v) is 6.18. The Kier molecular flexibility index (Phi) is 6.41. The number of ether oxygens (including phenoxy) is 1. The largest absolute Gasteiger partial charge is 0.469 e. The number of benzene rings is 1. The van der Waals surface area contributed by atoms with Crippen molar-refractivity contribution in [3.05, 3.63) is 29.8 Å². The average Bonchev–Trinajstić information content (AvgIpc) is 2.50. The van der Waals surface area contributed by atoms with Gasteiger partial charge in [0.2, 0.25) is 9.84 Å². The first-order valence-electron chi connectivity index (χ1n) is 6.26. The standard InChI is InChI=1S/C13H15F2NO5S/c1-21-11(17)3-2-8-16-12(18)9-4-6-10(7-5-9)22(19,20)13(14)15/h4-7,13H,2-3,8H2,1H3,(H,16,18). The number of halogens is 2. The first kappa shape index (κ1) is 18.0. The van der Waals surface area contributed by atoms with Crippen LogP contribution in [-0.4, -0.2) is 39.7 Å². The van der Waals surface area contributed by atoms with Crippen LogP contribution in [0, 0.1) is 0 Å². The molecule has 0 aliphatic rings. The van der Waals surface area contributed by atoms with Gasteiger partial charge in [-0.2, -0.15) is 8.78 Å². The van der Waals surface area contributed by atoms with Crippen LogP contribution in [0.3, 0.4) is 0 Å². The van der Waals surface area contributed by atoms with E-state index in [4.69, 9.17) is 0 Å². The molecule has 0 heterocycles. The highest BCUT2D eigenvalue weighted by molar-refractivity contribution is 7.91. The Hall–Kier alpha value is -2.03. The van der Waals surface area contributed by atoms with Crippen LogP contribution >= 0.6 is 0 Å². The molecule has 0 aromatic heterocycles. The summed E-state index contributed by atoms with van der Waals surface area (Å²) in [6.07, 6.45) is 0.540. The van der Waals surface area contributed by atoms with Gasteiger partial charge >= 0.3 is 11.7 Å². The molecule has 0 unspecified atom stereocenters. The topological polar surface area (TPSA) is 89.5 Å². The van der Waals surface area contributed by atoms with E-state index in [-0.39, 0.29) is 18.5 Å². The maximum absolute atomic E-state index is 12.4. The fourth-order valence-electron chi connectivity index (χ4n) is 1.54. The number of sulfone groups is 1. The number of alkyl halides is 2. The third-order valence-electron chi connectivity index (χ3n) is 2.75. The van der Waals surface area contributed by atoms with Crippen LogP contribution in [0.4, 0.5) is 8.78 Å². The predicted octanol–water partition coefficient (Wildman–Crippen LogP) is 1.37. The summed E-state index contributed by atoms with van der Waals surface area (Å²) < 4.78 is 51.6. The Labute approximate surface area is 126 Å². The van der Waals surface area contributed by atoms with Crippen LogP contribution in [0.25, 0.3) is 0 Å². The zero-order chi connectivity index (χ0) is 16.8. The van der Waals surface area contributed by atoms with Crippen molar-refractivity contribution in [3.63, 3.8) is 0 Å². The normalized spacial score (nSPS) is 11.3. The van der Waals surface area contributed by atoms with Gasteiger partial charge in [0.25, 0.3) is 5.91 Å². The van der Waals surface area contributed by atoms with E-state index in [1.165, 1.54) is 7.11 Å². The molecule has 9 heteroatoms. The van der Waals surface area contributed by atoms with Crippen molar-refractivity contribution in [1.82, 2.24) is 5.32 Å². The Bertz CT molecular complexity index is 628. The summed E-state index contributed by atoms with van der Waals surface area (Å²) in [5.74, 6) is -4.40. The maximum atomic E-state index is 12.4. The zero-order valence-electron chi connectivity index (χ0n) is 11.7. The van der Waals surface area contributed by atoms with Crippen LogP contribution in [0.2, 0.25) is 0 Å². The number of carbonyl (C=O) groups excluding carboxylic acids is 2. The molecule has 1 rings (SSSR count). The Morgan fingerprint density at radius 3 is 2.32 bits per heavy atom. The number of rotatable bonds is 7. The molecular formula is C13H15F2NO5S. The summed E-state index contributed by atoms with van der Waals surface area (Å²) in [5, 5.41) is 2.52. The van der Waals surface area contributed by atoms with E-state index in [0.29, 0.717) is 6.42 Å². The van der Waals surface area contributed by atoms with Crippen molar-refractivity contribution in [3.8, 4) is 0 Å². The van der Waals surface area contributed by atoms with Gasteiger partial charge in [-0.1, -0.05) is 0 Å². The third-order valence-corrected chi connectivity index (χ3v) is 4.15. The van der Waals surface area contributed by atoms with Crippen LogP contribution < -0.4 is 5.32 Å². The molecule has 6 nitrogen and oxygen atoms in total. The summed E-state index contributed by atoms with van der Waals surface area (Å²) in [6.45, 7) is 0.227. The molecule has 0 fully saturated rings. The van der Waals surface area contributed by atoms with Gasteiger partial charge in [0.15, 0.2) is 0 Å². The Balaban J connectivity index is 2.60. The van der Waals surface area contributed by atoms with E-state index in [2.05, 4.69) is 10.1 Å². The van der Waals surface area contributed by atoms with Gasteiger partial charge in [-0.25, -0.2) is 8.42 Å². The zero-order valence-corrected chi connectivity index (χ0v) is 12.5. The molecule has 0 bridgehead atoms. The minimum atomic E-state index is -4.67. The molecule has 0 spiro atoms. The Morgan fingerprint density at radius 2 is 1.82 bits per heavy atom. The van der Waals surface area contributed by atoms with Crippen LogP contribution in [-0.2, 0) is 19.4 Å². The summed E-state index contributed by atoms with van der Waals surface area (Å²) in [5.41, 5.74) is 0.131. The number of nitrogens with one attached hydrogen (secondary N) is 1. The summed E-state index contributed by atoms with van der Waals surface area (Å²) >= 11 is 0. The van der Waals surface area contributed by atoms with Crippen molar-refractivity contribution in [2.45, 2.75) is 23.5 Å². The van der Waals surface area contributed by atoms with E-state index in [0.717, 1.165) is 24.3 Å². The van der Waals surface area contributed by atoms with Gasteiger partial charge < -0.3 is 10.1 Å². The lowest BCUT2D eigenvalue weighted by Crippen LogP contribution is -2.25. The van der Waals surface area contributed by atoms with E-state index >= 15 is 0 Å². The lowest BCUT2D eigenvalue weighted by Gasteiger charge is -2.06. The highest BCUT2D eigenvalue weighted by Gasteiger charge is 2.26. The number of amides is 1. The molecule has 0 saturated heterocycles. The van der Waals surface area contributed by atoms with Crippen molar-refractivity contribution in [2.24, 2.45) is 0 Å². The number of methoxy groups -OCH3 is 1. The third kappa shape index (κ3) is 4.76. The van der Waals surface area contributed by atoms with Gasteiger partial charge in [0, 0.05) is 18.5 Å². The highest BCUT2D eigenvalue weighted by Crippen LogP contribution is 2.18. The number of carbonyl (C=O) groups is 2. The van der Waals surface area contributed by atoms with E-state index in [1.807, 2.05) is 0 Å². The predicted molar refractivity (Wildman–Crippen MR) is 73.2 cm³/mol. The minimum Gasteiger partial charge on any atom is -0.469 e. The molecule has 0 aliphatic carbocycles. The van der Waals surface area contributed by atoms with Gasteiger partial charge in [-0.15, -0.1) is 0 Å². The molecule has 1 aromatic carbocycles. The van der Waals surface area contributed by atoms with Crippen LogP contribution in [0.15, 0.2) is 29.2 Å². The molecule has 1 N–H and O–H groups in total. The lowest BCUT2D eigenvalue weighted by molar-refractivity contribution is -0.140. The fourth-order valence-corrected chi connectivity index (χ4v) is 2.26. The molecule has 0 radical (unpaired) electrons. The van der Waals surface area contributed by atoms with Gasteiger partial charge in [0.05, 0.1) is 12.0 Å². The Morgan fingerprint density at radius 1 is 1.23 bits per heavy atom. The van der Waals surface area contributed by atoms with Crippen LogP contribution in [0.5, 0.6) is 0 Å². The highest BCUT2D eigenvalue weighted by atomic mass is 32.2. The molecular weight excluding hydrogens is 320 g/mol. The first-order valence-corrected chi connectivity index (χ1v) is 7.81. The van der Waals surface area contributed by atoms with E-state index < -0.39 is 32.4 Å². The smallest absolute Gasteiger partial charge is 0.341 e. The monoisotopic (exact) mass is 335 g/mol. The number of hydrogen-bond acceptors (Lipinski definition) is 5. The quantitative estimate of drug-likeness (QED) is 0.600. The summed E-state index contributed by atoms with van der Waals surface area (Å²) in [6, 6.07) is 4.19. The number of hydrogen-bond donors (Lipinski definition) is 1. The minimum absolute atomic E-state index is 0.131. The molecule has 22 heavy (non-hydrogen) atoms. The van der Waals surface area contributed by atoms with Gasteiger partial charge in [-0.05, 0) is 30.7 Å². The van der Waals surface area contributed by atoms with Gasteiger partial charge in [-0.3, -0.25) is 9.59 Å². The molecule has 1 aromatic rings. The molecule has 122 valence electrons. The SMILES string of the molecule is COC(=O)CCCNC(=O)c1ccc(S(=O)(=O)C(F)F)cc1. The fraction of sp³-hybridized carbons (Fsp3) is 0.385. The van der Waals surface area contributed by atoms with Crippen molar-refractivity contribution >= 4 is 21.7 Å². The van der Waals surface area contributed by atoms with Gasteiger partial charge in [0.1, 0.15) is 0 Å². The molecule has 1 amide bonds. The summed E-state index contributed by atoms with van der Waals surface area (Å²) in [4.78, 5) is 22.0. The second-order valence-electron chi connectivity index (χ2n) is 4.27. The van der Waals surface area contributed by atoms with Crippen molar-refractivity contribution in [2.75, 3.05) is 13.7 Å². The van der Waals surface area contributed by atoms with Crippen molar-refractivity contribution in [1.29, 1.82) is 0 Å². The van der Waals surface area contributed by atoms with Crippen LogP contribution in [0.1, 0.15) is 23.2 Å². The lowest BCUT2D eigenvalue weighted by atomic mass is 10.2. The number of esters is 1. The van der Waals surface area contributed by atoms with Crippen molar-refractivity contribution < 1.29 is 31.5 Å².